The minimum Gasteiger partial charge on any atom is -0.497 e. The molecule has 12 heteroatoms. The molecule has 0 radical (unpaired) electrons. The van der Waals surface area contributed by atoms with Crippen molar-refractivity contribution in [1.29, 1.82) is 0 Å². The summed E-state index contributed by atoms with van der Waals surface area (Å²) in [6.07, 6.45) is -4.84. The number of nitrogens with one attached hydrogen (secondary N) is 3. The van der Waals surface area contributed by atoms with Crippen molar-refractivity contribution in [3.8, 4) is 5.75 Å². The number of aromatic amines is 2. The molecule has 0 spiro atoms. The summed E-state index contributed by atoms with van der Waals surface area (Å²) in [5.41, 5.74) is -3.48. The molecule has 148 valence electrons. The molecule has 3 rings (SSSR count). The number of rotatable bonds is 4. The molecule has 0 saturated carbocycles. The van der Waals surface area contributed by atoms with Crippen molar-refractivity contribution in [1.82, 2.24) is 9.97 Å². The summed E-state index contributed by atoms with van der Waals surface area (Å²) in [7, 11) is -3.29. The Morgan fingerprint density at radius 1 is 1.04 bits per heavy atom. The molecule has 1 heterocycles. The van der Waals surface area contributed by atoms with Crippen LogP contribution in [0, 0.1) is 0 Å². The van der Waals surface area contributed by atoms with Gasteiger partial charge in [0, 0.05) is 0 Å². The molecule has 0 bridgehead atoms. The summed E-state index contributed by atoms with van der Waals surface area (Å²) in [6, 6.07) is 5.92. The van der Waals surface area contributed by atoms with E-state index in [4.69, 9.17) is 4.74 Å². The first-order valence-electron chi connectivity index (χ1n) is 7.56. The number of benzene rings is 2. The van der Waals surface area contributed by atoms with E-state index in [1.54, 1.807) is 0 Å². The van der Waals surface area contributed by atoms with Gasteiger partial charge in [-0.15, -0.1) is 0 Å². The van der Waals surface area contributed by atoms with Crippen LogP contribution in [-0.2, 0) is 16.2 Å². The number of hydrogen-bond acceptors (Lipinski definition) is 5. The maximum Gasteiger partial charge on any atom is 0.418 e. The molecule has 0 aliphatic carbocycles. The average molecular weight is 415 g/mol. The van der Waals surface area contributed by atoms with E-state index in [1.165, 1.54) is 19.2 Å². The van der Waals surface area contributed by atoms with Crippen LogP contribution in [0.4, 0.5) is 18.9 Å². The highest BCUT2D eigenvalue weighted by Gasteiger charge is 2.35. The fourth-order valence-corrected chi connectivity index (χ4v) is 3.59. The van der Waals surface area contributed by atoms with Gasteiger partial charge in [0.05, 0.1) is 34.2 Å². The van der Waals surface area contributed by atoms with Gasteiger partial charge in [0.25, 0.3) is 15.6 Å². The maximum atomic E-state index is 13.3. The highest BCUT2D eigenvalue weighted by Crippen LogP contribution is 2.38. The molecule has 1 aromatic heterocycles. The number of halogens is 3. The Labute approximate surface area is 155 Å². The zero-order valence-electron chi connectivity index (χ0n) is 14.0. The van der Waals surface area contributed by atoms with E-state index in [0.29, 0.717) is 6.07 Å². The Bertz CT molecular complexity index is 1280. The SMILES string of the molecule is COc1ccc(NS(=O)(=O)c2ccc3[nH]c(=O)[nH]c(=O)c3c2)c(C(F)(F)F)c1. The highest BCUT2D eigenvalue weighted by atomic mass is 32.2. The van der Waals surface area contributed by atoms with Gasteiger partial charge in [-0.3, -0.25) is 14.5 Å². The Hall–Kier alpha value is -3.28. The van der Waals surface area contributed by atoms with Crippen molar-refractivity contribution >= 4 is 26.6 Å². The van der Waals surface area contributed by atoms with Crippen molar-refractivity contribution in [3.05, 3.63) is 62.8 Å². The largest absolute Gasteiger partial charge is 0.497 e. The Morgan fingerprint density at radius 2 is 1.75 bits per heavy atom. The van der Waals surface area contributed by atoms with Gasteiger partial charge < -0.3 is 9.72 Å². The van der Waals surface area contributed by atoms with Gasteiger partial charge in [-0.2, -0.15) is 13.2 Å². The summed E-state index contributed by atoms with van der Waals surface area (Å²) >= 11 is 0. The number of alkyl halides is 3. The molecule has 0 aliphatic heterocycles. The topological polar surface area (TPSA) is 121 Å². The second-order valence-corrected chi connectivity index (χ2v) is 7.31. The van der Waals surface area contributed by atoms with Crippen LogP contribution in [-0.4, -0.2) is 25.5 Å². The van der Waals surface area contributed by atoms with Gasteiger partial charge in [-0.05, 0) is 36.4 Å². The minimum absolute atomic E-state index is 0.0770. The van der Waals surface area contributed by atoms with Crippen LogP contribution in [0.15, 0.2) is 50.9 Å². The molecular weight excluding hydrogens is 403 g/mol. The van der Waals surface area contributed by atoms with Gasteiger partial charge in [0.1, 0.15) is 5.75 Å². The van der Waals surface area contributed by atoms with Crippen LogP contribution < -0.4 is 20.7 Å². The third-order valence-electron chi connectivity index (χ3n) is 3.80. The van der Waals surface area contributed by atoms with Crippen LogP contribution in [0.1, 0.15) is 5.56 Å². The summed E-state index contributed by atoms with van der Waals surface area (Å²) in [5, 5.41) is -0.145. The second-order valence-electron chi connectivity index (χ2n) is 5.63. The van der Waals surface area contributed by atoms with Crippen molar-refractivity contribution in [2.24, 2.45) is 0 Å². The first-order valence-corrected chi connectivity index (χ1v) is 9.04. The van der Waals surface area contributed by atoms with Gasteiger partial charge in [0.15, 0.2) is 0 Å². The van der Waals surface area contributed by atoms with E-state index in [2.05, 4.69) is 4.98 Å². The number of methoxy groups -OCH3 is 1. The lowest BCUT2D eigenvalue weighted by molar-refractivity contribution is -0.137. The predicted octanol–water partition coefficient (Wildman–Crippen LogP) is 2.04. The number of sulfonamides is 1. The molecule has 2 aromatic carbocycles. The standard InChI is InChI=1S/C16H12F3N3O5S/c1-27-8-2-4-13(11(6-8)16(17,18)19)22-28(25,26)9-3-5-12-10(7-9)14(23)21-15(24)20-12/h2-7,22H,1H3,(H2,20,21,23,24). The summed E-state index contributed by atoms with van der Waals surface area (Å²) < 4.78 is 71.6. The van der Waals surface area contributed by atoms with Crippen LogP contribution in [0.3, 0.4) is 0 Å². The highest BCUT2D eigenvalue weighted by molar-refractivity contribution is 7.92. The fourth-order valence-electron chi connectivity index (χ4n) is 2.49. The Balaban J connectivity index is 2.09. The van der Waals surface area contributed by atoms with Crippen molar-refractivity contribution in [2.75, 3.05) is 11.8 Å². The Morgan fingerprint density at radius 3 is 2.39 bits per heavy atom. The maximum absolute atomic E-state index is 13.3. The van der Waals surface area contributed by atoms with Crippen molar-refractivity contribution < 1.29 is 26.3 Å². The summed E-state index contributed by atoms with van der Waals surface area (Å²) in [6.45, 7) is 0. The number of ether oxygens (including phenoxy) is 1. The molecule has 0 saturated heterocycles. The smallest absolute Gasteiger partial charge is 0.418 e. The molecule has 0 fully saturated rings. The zero-order valence-corrected chi connectivity index (χ0v) is 14.9. The molecular formula is C16H12F3N3O5S. The van der Waals surface area contributed by atoms with Gasteiger partial charge >= 0.3 is 11.9 Å². The van der Waals surface area contributed by atoms with E-state index in [9.17, 15) is 31.2 Å². The third kappa shape index (κ3) is 3.71. The molecule has 0 aliphatic rings. The minimum atomic E-state index is -4.84. The van der Waals surface area contributed by atoms with E-state index < -0.39 is 43.6 Å². The van der Waals surface area contributed by atoms with E-state index in [1.807, 2.05) is 9.71 Å². The van der Waals surface area contributed by atoms with Gasteiger partial charge in [-0.25, -0.2) is 13.2 Å². The van der Waals surface area contributed by atoms with Crippen LogP contribution in [0.25, 0.3) is 10.9 Å². The van der Waals surface area contributed by atoms with Crippen molar-refractivity contribution in [2.45, 2.75) is 11.1 Å². The number of aromatic nitrogens is 2. The van der Waals surface area contributed by atoms with E-state index in [0.717, 1.165) is 18.2 Å². The zero-order chi connectivity index (χ0) is 20.7. The number of anilines is 1. The van der Waals surface area contributed by atoms with Crippen molar-refractivity contribution in [3.63, 3.8) is 0 Å². The molecule has 0 unspecified atom stereocenters. The Kier molecular flexibility index (Phi) is 4.67. The molecule has 3 aromatic rings. The van der Waals surface area contributed by atoms with E-state index >= 15 is 0 Å². The summed E-state index contributed by atoms with van der Waals surface area (Å²) in [4.78, 5) is 26.9. The lowest BCUT2D eigenvalue weighted by Crippen LogP contribution is -2.22. The molecule has 0 amide bonds. The normalized spacial score (nSPS) is 12.1. The summed E-state index contributed by atoms with van der Waals surface area (Å²) in [5.74, 6) is -0.100. The molecule has 28 heavy (non-hydrogen) atoms. The first kappa shape index (κ1) is 19.5. The van der Waals surface area contributed by atoms with Gasteiger partial charge in [-0.1, -0.05) is 0 Å². The predicted molar refractivity (Wildman–Crippen MR) is 94.0 cm³/mol. The second kappa shape index (κ2) is 6.71. The lowest BCUT2D eigenvalue weighted by atomic mass is 10.1. The fraction of sp³-hybridized carbons (Fsp3) is 0.125. The lowest BCUT2D eigenvalue weighted by Gasteiger charge is -2.16. The monoisotopic (exact) mass is 415 g/mol. The molecule has 8 nitrogen and oxygen atoms in total. The van der Waals surface area contributed by atoms with Gasteiger partial charge in [0.2, 0.25) is 0 Å². The quantitative estimate of drug-likeness (QED) is 0.602. The van der Waals surface area contributed by atoms with E-state index in [-0.39, 0.29) is 16.7 Å². The third-order valence-corrected chi connectivity index (χ3v) is 5.16. The van der Waals surface area contributed by atoms with Crippen LogP contribution in [0.2, 0.25) is 0 Å². The van der Waals surface area contributed by atoms with Crippen LogP contribution in [0.5, 0.6) is 5.75 Å². The number of fused-ring (bicyclic) bond motifs is 1. The number of hydrogen-bond donors (Lipinski definition) is 3. The molecule has 3 N–H and O–H groups in total. The molecule has 0 atom stereocenters. The average Bonchev–Trinajstić information content (AvgIpc) is 2.60. The van der Waals surface area contributed by atoms with Crippen LogP contribution >= 0.6 is 0 Å². The number of H-pyrrole nitrogens is 2. The first-order chi connectivity index (χ1) is 13.0.